The van der Waals surface area contributed by atoms with E-state index in [9.17, 15) is 13.2 Å². The molecule has 1 N–H and O–H groups in total. The Balaban J connectivity index is 2.29. The first-order valence-electron chi connectivity index (χ1n) is 8.62. The topological polar surface area (TPSA) is 75.7 Å². The predicted molar refractivity (Wildman–Crippen MR) is 112 cm³/mol. The van der Waals surface area contributed by atoms with Crippen molar-refractivity contribution >= 4 is 44.8 Å². The van der Waals surface area contributed by atoms with Crippen LogP contribution in [0.5, 0.6) is 5.75 Å². The predicted octanol–water partition coefficient (Wildman–Crippen LogP) is 4.67. The van der Waals surface area contributed by atoms with Crippen molar-refractivity contribution in [1.29, 1.82) is 0 Å². The Hall–Kier alpha value is -1.80. The lowest BCUT2D eigenvalue weighted by Crippen LogP contribution is -2.23. The van der Waals surface area contributed by atoms with Crippen molar-refractivity contribution in [2.75, 3.05) is 26.0 Å². The number of unbranched alkanes of at least 4 members (excludes halogenated alkanes) is 1. The van der Waals surface area contributed by atoms with Crippen LogP contribution in [0.2, 0.25) is 10.0 Å². The van der Waals surface area contributed by atoms with E-state index in [1.54, 1.807) is 24.3 Å². The molecule has 6 nitrogen and oxygen atoms in total. The van der Waals surface area contributed by atoms with E-state index in [1.165, 1.54) is 26.2 Å². The van der Waals surface area contributed by atoms with Crippen LogP contribution in [-0.2, 0) is 10.0 Å². The molecule has 0 spiro atoms. The van der Waals surface area contributed by atoms with E-state index in [4.69, 9.17) is 27.9 Å². The quantitative estimate of drug-likeness (QED) is 0.599. The van der Waals surface area contributed by atoms with Gasteiger partial charge in [-0.05, 0) is 30.7 Å². The van der Waals surface area contributed by atoms with Crippen LogP contribution in [0, 0.1) is 0 Å². The summed E-state index contributed by atoms with van der Waals surface area (Å²) in [6, 6.07) is 9.36. The Morgan fingerprint density at radius 1 is 1.14 bits per heavy atom. The fourth-order valence-corrected chi connectivity index (χ4v) is 4.02. The first kappa shape index (κ1) is 22.5. The fourth-order valence-electron chi connectivity index (χ4n) is 2.29. The largest absolute Gasteiger partial charge is 0.494 e. The number of carbonyl (C=O) groups excluding carboxylic acids is 1. The van der Waals surface area contributed by atoms with Crippen molar-refractivity contribution in [3.05, 3.63) is 52.0 Å². The maximum atomic E-state index is 12.7. The number of ether oxygens (including phenoxy) is 1. The molecule has 0 aromatic heterocycles. The number of carbonyl (C=O) groups is 1. The number of anilines is 1. The van der Waals surface area contributed by atoms with Gasteiger partial charge in [-0.2, -0.15) is 0 Å². The van der Waals surface area contributed by atoms with Gasteiger partial charge in [-0.3, -0.25) is 4.79 Å². The third-order valence-corrected chi connectivity index (χ3v) is 6.48. The van der Waals surface area contributed by atoms with Gasteiger partial charge in [0.25, 0.3) is 5.91 Å². The Bertz CT molecular complexity index is 962. The summed E-state index contributed by atoms with van der Waals surface area (Å²) in [5.41, 5.74) is 0.505. The number of hydrogen-bond acceptors (Lipinski definition) is 4. The van der Waals surface area contributed by atoms with Gasteiger partial charge in [0, 0.05) is 25.8 Å². The van der Waals surface area contributed by atoms with Crippen molar-refractivity contribution in [1.82, 2.24) is 4.31 Å². The summed E-state index contributed by atoms with van der Waals surface area (Å²) in [5, 5.41) is 2.70. The summed E-state index contributed by atoms with van der Waals surface area (Å²) < 4.78 is 31.5. The molecule has 0 aliphatic carbocycles. The molecular formula is C19H22Cl2N2O4S. The third kappa shape index (κ3) is 5.38. The molecule has 2 aromatic carbocycles. The lowest BCUT2D eigenvalue weighted by atomic mass is 10.2. The molecule has 28 heavy (non-hydrogen) atoms. The van der Waals surface area contributed by atoms with E-state index in [0.29, 0.717) is 18.0 Å². The van der Waals surface area contributed by atoms with Crippen molar-refractivity contribution < 1.29 is 17.9 Å². The number of sulfonamides is 1. The lowest BCUT2D eigenvalue weighted by molar-refractivity contribution is 0.102. The number of nitrogens with zero attached hydrogens (tertiary/aromatic N) is 1. The molecule has 0 atom stereocenters. The highest BCUT2D eigenvalue weighted by molar-refractivity contribution is 7.89. The third-order valence-electron chi connectivity index (χ3n) is 3.88. The summed E-state index contributed by atoms with van der Waals surface area (Å²) in [4.78, 5) is 12.5. The molecule has 0 saturated heterocycles. The lowest BCUT2D eigenvalue weighted by Gasteiger charge is -2.15. The fraction of sp³-hybridized carbons (Fsp3) is 0.316. The van der Waals surface area contributed by atoms with E-state index in [-0.39, 0.29) is 20.5 Å². The number of halogens is 2. The molecule has 0 heterocycles. The van der Waals surface area contributed by atoms with E-state index in [1.807, 2.05) is 0 Å². The molecule has 0 unspecified atom stereocenters. The molecule has 0 bridgehead atoms. The summed E-state index contributed by atoms with van der Waals surface area (Å²) in [5.74, 6) is 0.0758. The maximum Gasteiger partial charge on any atom is 0.257 e. The van der Waals surface area contributed by atoms with Crippen LogP contribution < -0.4 is 10.1 Å². The molecule has 152 valence electrons. The zero-order chi connectivity index (χ0) is 20.9. The Morgan fingerprint density at radius 3 is 2.50 bits per heavy atom. The monoisotopic (exact) mass is 444 g/mol. The highest BCUT2D eigenvalue weighted by atomic mass is 35.5. The van der Waals surface area contributed by atoms with Crippen molar-refractivity contribution in [2.45, 2.75) is 24.7 Å². The van der Waals surface area contributed by atoms with Crippen LogP contribution >= 0.6 is 23.2 Å². The van der Waals surface area contributed by atoms with E-state index in [0.717, 1.165) is 17.1 Å². The summed E-state index contributed by atoms with van der Waals surface area (Å²) in [6.45, 7) is 2.66. The van der Waals surface area contributed by atoms with Gasteiger partial charge in [-0.1, -0.05) is 42.6 Å². The van der Waals surface area contributed by atoms with Gasteiger partial charge in [-0.25, -0.2) is 12.7 Å². The van der Waals surface area contributed by atoms with E-state index >= 15 is 0 Å². The number of benzene rings is 2. The second-order valence-corrected chi connectivity index (χ2v) is 9.17. The summed E-state index contributed by atoms with van der Waals surface area (Å²) >= 11 is 12.2. The molecule has 0 radical (unpaired) electrons. The summed E-state index contributed by atoms with van der Waals surface area (Å²) in [6.07, 6.45) is 1.95. The minimum absolute atomic E-state index is 0.00351. The van der Waals surface area contributed by atoms with Gasteiger partial charge in [0.1, 0.15) is 10.6 Å². The van der Waals surface area contributed by atoms with Crippen LogP contribution in [0.15, 0.2) is 41.3 Å². The van der Waals surface area contributed by atoms with Crippen molar-refractivity contribution in [3.63, 3.8) is 0 Å². The van der Waals surface area contributed by atoms with Crippen molar-refractivity contribution in [2.24, 2.45) is 0 Å². The van der Waals surface area contributed by atoms with Crippen LogP contribution in [-0.4, -0.2) is 39.3 Å². The van der Waals surface area contributed by atoms with Crippen molar-refractivity contribution in [3.8, 4) is 5.75 Å². The standard InChI is InChI=1S/C19H22Cl2N2O4S/c1-4-5-9-27-14-8-6-7-13(10-14)22-19(24)15-11-18(17(21)12-16(15)20)28(25,26)23(2)3/h6-8,10-12H,4-5,9H2,1-3H3,(H,22,24). The van der Waals surface area contributed by atoms with Gasteiger partial charge in [0.2, 0.25) is 10.0 Å². The van der Waals surface area contributed by atoms with Gasteiger partial charge < -0.3 is 10.1 Å². The molecule has 9 heteroatoms. The number of rotatable bonds is 8. The zero-order valence-corrected chi connectivity index (χ0v) is 18.2. The average molecular weight is 445 g/mol. The maximum absolute atomic E-state index is 12.7. The molecular weight excluding hydrogens is 423 g/mol. The highest BCUT2D eigenvalue weighted by Gasteiger charge is 2.24. The number of nitrogens with one attached hydrogen (secondary N) is 1. The minimum Gasteiger partial charge on any atom is -0.494 e. The second kappa shape index (κ2) is 9.60. The summed E-state index contributed by atoms with van der Waals surface area (Å²) in [7, 11) is -1.07. The smallest absolute Gasteiger partial charge is 0.257 e. The van der Waals surface area contributed by atoms with Gasteiger partial charge >= 0.3 is 0 Å². The zero-order valence-electron chi connectivity index (χ0n) is 15.8. The second-order valence-electron chi connectivity index (χ2n) is 6.23. The molecule has 0 fully saturated rings. The first-order chi connectivity index (χ1) is 13.2. The van der Waals surface area contributed by atoms with Gasteiger partial charge in [-0.15, -0.1) is 0 Å². The number of amides is 1. The van der Waals surface area contributed by atoms with E-state index < -0.39 is 15.9 Å². The Kier molecular flexibility index (Phi) is 7.71. The molecule has 1 amide bonds. The SMILES string of the molecule is CCCCOc1cccc(NC(=O)c2cc(S(=O)(=O)N(C)C)c(Cl)cc2Cl)c1. The van der Waals surface area contributed by atoms with Gasteiger partial charge in [0.15, 0.2) is 0 Å². The average Bonchev–Trinajstić information content (AvgIpc) is 2.61. The molecule has 2 aromatic rings. The first-order valence-corrected chi connectivity index (χ1v) is 10.8. The molecule has 0 aliphatic heterocycles. The highest BCUT2D eigenvalue weighted by Crippen LogP contribution is 2.30. The Labute approximate surface area is 175 Å². The van der Waals surface area contributed by atoms with Crippen LogP contribution in [0.1, 0.15) is 30.1 Å². The normalized spacial score (nSPS) is 11.5. The van der Waals surface area contributed by atoms with Gasteiger partial charge in [0.05, 0.1) is 22.2 Å². The molecule has 0 aliphatic rings. The van der Waals surface area contributed by atoms with Crippen LogP contribution in [0.4, 0.5) is 5.69 Å². The molecule has 2 rings (SSSR count). The van der Waals surface area contributed by atoms with Crippen LogP contribution in [0.25, 0.3) is 0 Å². The minimum atomic E-state index is -3.83. The number of hydrogen-bond donors (Lipinski definition) is 1. The molecule has 0 saturated carbocycles. The van der Waals surface area contributed by atoms with E-state index in [2.05, 4.69) is 12.2 Å². The Morgan fingerprint density at radius 2 is 1.86 bits per heavy atom. The van der Waals surface area contributed by atoms with Crippen LogP contribution in [0.3, 0.4) is 0 Å².